The fourth-order valence-corrected chi connectivity index (χ4v) is 4.19. The number of hydrogen-bond acceptors (Lipinski definition) is 4. The van der Waals surface area contributed by atoms with Crippen molar-refractivity contribution in [3.05, 3.63) is 57.6 Å². The molecule has 29 heavy (non-hydrogen) atoms. The highest BCUT2D eigenvalue weighted by atomic mass is 79.9. The Bertz CT molecular complexity index is 992. The summed E-state index contributed by atoms with van der Waals surface area (Å²) >= 11 is 3.41. The second kappa shape index (κ2) is 9.63. The number of amides is 1. The van der Waals surface area contributed by atoms with Crippen molar-refractivity contribution in [2.45, 2.75) is 33.2 Å². The summed E-state index contributed by atoms with van der Waals surface area (Å²) in [6.45, 7) is 5.49. The monoisotopic (exact) mass is 482 g/mol. The number of nitrogens with one attached hydrogen (secondary N) is 1. The summed E-state index contributed by atoms with van der Waals surface area (Å²) < 4.78 is 31.9. The van der Waals surface area contributed by atoms with Gasteiger partial charge in [0.2, 0.25) is 15.9 Å². The summed E-state index contributed by atoms with van der Waals surface area (Å²) in [6.07, 6.45) is 1.77. The molecule has 6 nitrogen and oxygen atoms in total. The second-order valence-corrected chi connectivity index (χ2v) is 9.72. The number of hydrogen-bond donors (Lipinski definition) is 1. The molecular formula is C21H27BrN2O4S. The average molecular weight is 483 g/mol. The van der Waals surface area contributed by atoms with Crippen molar-refractivity contribution in [3.63, 3.8) is 0 Å². The highest BCUT2D eigenvalue weighted by Crippen LogP contribution is 2.26. The Morgan fingerprint density at radius 1 is 1.17 bits per heavy atom. The van der Waals surface area contributed by atoms with E-state index in [-0.39, 0.29) is 18.5 Å². The molecule has 2 rings (SSSR count). The van der Waals surface area contributed by atoms with Gasteiger partial charge < -0.3 is 10.1 Å². The van der Waals surface area contributed by atoms with Crippen LogP contribution in [0.4, 0.5) is 5.69 Å². The molecule has 2 aromatic carbocycles. The number of carbonyl (C=O) groups excluding carboxylic acids is 1. The normalized spacial score (nSPS) is 12.3. The molecule has 0 aliphatic heterocycles. The first-order valence-corrected chi connectivity index (χ1v) is 11.9. The van der Waals surface area contributed by atoms with Gasteiger partial charge in [0.15, 0.2) is 0 Å². The molecule has 8 heteroatoms. The standard InChI is InChI=1S/C21H27BrN2O4S/c1-6-19(16-7-10-20(28-4)15(3)11-16)23-21(25)13-24(29(5,26)27)17-8-9-18(22)14(2)12-17/h7-12,19H,6,13H2,1-5H3,(H,23,25)/t19-/m0/s1. The van der Waals surface area contributed by atoms with Crippen molar-refractivity contribution in [2.75, 3.05) is 24.2 Å². The maximum Gasteiger partial charge on any atom is 0.241 e. The van der Waals surface area contributed by atoms with Crippen molar-refractivity contribution in [2.24, 2.45) is 0 Å². The van der Waals surface area contributed by atoms with E-state index in [4.69, 9.17) is 4.74 Å². The van der Waals surface area contributed by atoms with E-state index in [0.29, 0.717) is 12.1 Å². The number of rotatable bonds is 8. The Morgan fingerprint density at radius 3 is 2.38 bits per heavy atom. The third-order valence-electron chi connectivity index (χ3n) is 4.68. The Labute approximate surface area is 181 Å². The first kappa shape index (κ1) is 23.2. The first-order valence-electron chi connectivity index (χ1n) is 9.24. The van der Waals surface area contributed by atoms with Gasteiger partial charge in [-0.15, -0.1) is 0 Å². The van der Waals surface area contributed by atoms with Crippen LogP contribution in [-0.2, 0) is 14.8 Å². The van der Waals surface area contributed by atoms with Gasteiger partial charge >= 0.3 is 0 Å². The minimum absolute atomic E-state index is 0.222. The van der Waals surface area contributed by atoms with E-state index < -0.39 is 10.0 Å². The lowest BCUT2D eigenvalue weighted by molar-refractivity contribution is -0.120. The lowest BCUT2D eigenvalue weighted by atomic mass is 10.0. The number of ether oxygens (including phenoxy) is 1. The molecule has 0 radical (unpaired) electrons. The molecule has 0 saturated heterocycles. The zero-order valence-corrected chi connectivity index (χ0v) is 19.7. The number of nitrogens with zero attached hydrogens (tertiary/aromatic N) is 1. The molecule has 0 bridgehead atoms. The Morgan fingerprint density at radius 2 is 1.86 bits per heavy atom. The van der Waals surface area contributed by atoms with E-state index in [1.54, 1.807) is 25.3 Å². The molecule has 158 valence electrons. The van der Waals surface area contributed by atoms with E-state index in [1.807, 2.05) is 39.0 Å². The van der Waals surface area contributed by atoms with Crippen molar-refractivity contribution in [3.8, 4) is 5.75 Å². The summed E-state index contributed by atoms with van der Waals surface area (Å²) in [6, 6.07) is 10.7. The van der Waals surface area contributed by atoms with Crippen molar-refractivity contribution in [1.29, 1.82) is 0 Å². The molecule has 0 unspecified atom stereocenters. The summed E-state index contributed by atoms with van der Waals surface area (Å²) in [5, 5.41) is 2.95. The minimum Gasteiger partial charge on any atom is -0.496 e. The van der Waals surface area contributed by atoms with E-state index in [1.165, 1.54) is 0 Å². The largest absolute Gasteiger partial charge is 0.496 e. The number of carbonyl (C=O) groups is 1. The van der Waals surface area contributed by atoms with Crippen LogP contribution in [0, 0.1) is 13.8 Å². The number of anilines is 1. The van der Waals surface area contributed by atoms with Crippen LogP contribution >= 0.6 is 15.9 Å². The fraction of sp³-hybridized carbons (Fsp3) is 0.381. The van der Waals surface area contributed by atoms with Gasteiger partial charge in [0, 0.05) is 4.47 Å². The Hall–Kier alpha value is -2.06. The van der Waals surface area contributed by atoms with Crippen LogP contribution in [0.15, 0.2) is 40.9 Å². The van der Waals surface area contributed by atoms with Crippen LogP contribution in [-0.4, -0.2) is 34.2 Å². The Balaban J connectivity index is 2.22. The van der Waals surface area contributed by atoms with Gasteiger partial charge in [0.25, 0.3) is 0 Å². The quantitative estimate of drug-likeness (QED) is 0.614. The van der Waals surface area contributed by atoms with Crippen LogP contribution < -0.4 is 14.4 Å². The smallest absolute Gasteiger partial charge is 0.241 e. The fourth-order valence-electron chi connectivity index (χ4n) is 3.09. The third-order valence-corrected chi connectivity index (χ3v) is 6.71. The van der Waals surface area contributed by atoms with Crippen molar-refractivity contribution >= 4 is 37.5 Å². The molecule has 1 N–H and O–H groups in total. The van der Waals surface area contributed by atoms with Crippen LogP contribution in [0.1, 0.15) is 36.1 Å². The maximum absolute atomic E-state index is 12.7. The van der Waals surface area contributed by atoms with Crippen molar-refractivity contribution < 1.29 is 17.9 Å². The highest BCUT2D eigenvalue weighted by molar-refractivity contribution is 9.10. The third kappa shape index (κ3) is 5.96. The lowest BCUT2D eigenvalue weighted by Crippen LogP contribution is -2.41. The molecule has 0 aliphatic rings. The molecule has 0 spiro atoms. The maximum atomic E-state index is 12.7. The van der Waals surface area contributed by atoms with Crippen molar-refractivity contribution in [1.82, 2.24) is 5.32 Å². The minimum atomic E-state index is -3.62. The van der Waals surface area contributed by atoms with Gasteiger partial charge in [-0.1, -0.05) is 35.0 Å². The average Bonchev–Trinajstić information content (AvgIpc) is 2.65. The summed E-state index contributed by atoms with van der Waals surface area (Å²) in [5.74, 6) is 0.417. The van der Waals surface area contributed by atoms with E-state index in [0.717, 1.165) is 37.5 Å². The van der Waals surface area contributed by atoms with E-state index in [2.05, 4.69) is 21.2 Å². The predicted molar refractivity (Wildman–Crippen MR) is 120 cm³/mol. The SMILES string of the molecule is CC[C@H](NC(=O)CN(c1ccc(Br)c(C)c1)S(C)(=O)=O)c1ccc(OC)c(C)c1. The molecule has 0 fully saturated rings. The molecule has 1 amide bonds. The molecule has 2 aromatic rings. The lowest BCUT2D eigenvalue weighted by Gasteiger charge is -2.25. The molecule has 0 saturated carbocycles. The zero-order valence-electron chi connectivity index (χ0n) is 17.3. The summed E-state index contributed by atoms with van der Waals surface area (Å²) in [5.41, 5.74) is 3.26. The molecule has 0 aliphatic carbocycles. The van der Waals surface area contributed by atoms with Crippen LogP contribution in [0.2, 0.25) is 0 Å². The molecule has 0 aromatic heterocycles. The summed E-state index contributed by atoms with van der Waals surface area (Å²) in [4.78, 5) is 12.7. The van der Waals surface area contributed by atoms with Gasteiger partial charge in [-0.3, -0.25) is 9.10 Å². The van der Waals surface area contributed by atoms with Gasteiger partial charge in [0.1, 0.15) is 12.3 Å². The molecule has 1 atom stereocenters. The molecule has 0 heterocycles. The van der Waals surface area contributed by atoms with Crippen LogP contribution in [0.3, 0.4) is 0 Å². The molecular weight excluding hydrogens is 456 g/mol. The number of halogens is 1. The highest BCUT2D eigenvalue weighted by Gasteiger charge is 2.23. The van der Waals surface area contributed by atoms with Crippen LogP contribution in [0.5, 0.6) is 5.75 Å². The van der Waals surface area contributed by atoms with Gasteiger partial charge in [-0.25, -0.2) is 8.42 Å². The number of benzene rings is 2. The number of aryl methyl sites for hydroxylation is 2. The predicted octanol–water partition coefficient (Wildman–Crippen LogP) is 4.11. The van der Waals surface area contributed by atoms with E-state index >= 15 is 0 Å². The second-order valence-electron chi connectivity index (χ2n) is 6.96. The van der Waals surface area contributed by atoms with Gasteiger partial charge in [0.05, 0.1) is 25.1 Å². The van der Waals surface area contributed by atoms with Crippen LogP contribution in [0.25, 0.3) is 0 Å². The number of methoxy groups -OCH3 is 1. The zero-order chi connectivity index (χ0) is 21.8. The Kier molecular flexibility index (Phi) is 7.71. The topological polar surface area (TPSA) is 75.7 Å². The van der Waals surface area contributed by atoms with Gasteiger partial charge in [-0.05, 0) is 61.2 Å². The number of sulfonamides is 1. The first-order chi connectivity index (χ1) is 13.6. The van der Waals surface area contributed by atoms with E-state index in [9.17, 15) is 13.2 Å². The summed E-state index contributed by atoms with van der Waals surface area (Å²) in [7, 11) is -2.01. The van der Waals surface area contributed by atoms with Gasteiger partial charge in [-0.2, -0.15) is 0 Å².